The quantitative estimate of drug-likeness (QED) is 0.417. The molecule has 0 aliphatic heterocycles. The van der Waals surface area contributed by atoms with E-state index in [0.29, 0.717) is 5.88 Å². The third-order valence-corrected chi connectivity index (χ3v) is 2.89. The van der Waals surface area contributed by atoms with Crippen molar-refractivity contribution in [1.82, 2.24) is 0 Å². The Bertz CT molecular complexity index is 382. The number of unbranched alkanes of at least 4 members (excludes halogenated alkanes) is 1. The standard InChI is InChI=1S/C15H19Cl/c1-3-13-9-10-14(4-2)15(12-13)8-6-5-7-11-16/h9-10,12H,3-5,7,11H2,1-2H3. The number of alkyl halides is 1. The van der Waals surface area contributed by atoms with Crippen LogP contribution in [-0.2, 0) is 12.8 Å². The minimum absolute atomic E-state index is 0.699. The summed E-state index contributed by atoms with van der Waals surface area (Å²) in [6.07, 6.45) is 3.98. The van der Waals surface area contributed by atoms with Crippen molar-refractivity contribution >= 4 is 11.6 Å². The molecule has 0 aliphatic rings. The fourth-order valence-corrected chi connectivity index (χ4v) is 1.71. The largest absolute Gasteiger partial charge is 0.127 e. The summed E-state index contributed by atoms with van der Waals surface area (Å²) in [6, 6.07) is 6.61. The molecule has 86 valence electrons. The summed E-state index contributed by atoms with van der Waals surface area (Å²) in [5, 5.41) is 0. The van der Waals surface area contributed by atoms with Crippen molar-refractivity contribution in [3.05, 3.63) is 34.9 Å². The summed E-state index contributed by atoms with van der Waals surface area (Å²) in [4.78, 5) is 0. The van der Waals surface area contributed by atoms with Crippen molar-refractivity contribution < 1.29 is 0 Å². The Morgan fingerprint density at radius 3 is 2.62 bits per heavy atom. The first kappa shape index (κ1) is 13.1. The fraction of sp³-hybridized carbons (Fsp3) is 0.467. The summed E-state index contributed by atoms with van der Waals surface area (Å²) in [7, 11) is 0. The second-order valence-electron chi connectivity index (χ2n) is 3.79. The van der Waals surface area contributed by atoms with E-state index < -0.39 is 0 Å². The Balaban J connectivity index is 2.85. The zero-order valence-corrected chi connectivity index (χ0v) is 10.9. The second-order valence-corrected chi connectivity index (χ2v) is 4.17. The normalized spacial score (nSPS) is 9.69. The van der Waals surface area contributed by atoms with Gasteiger partial charge in [-0.15, -0.1) is 11.6 Å². The van der Waals surface area contributed by atoms with Crippen LogP contribution in [0.5, 0.6) is 0 Å². The average Bonchev–Trinajstić information content (AvgIpc) is 2.34. The summed E-state index contributed by atoms with van der Waals surface area (Å²) in [5.41, 5.74) is 3.89. The number of halogens is 1. The maximum atomic E-state index is 5.62. The summed E-state index contributed by atoms with van der Waals surface area (Å²) >= 11 is 5.62. The Hall–Kier alpha value is -0.930. The molecule has 0 heterocycles. The maximum absolute atomic E-state index is 5.62. The van der Waals surface area contributed by atoms with Crippen LogP contribution in [-0.4, -0.2) is 5.88 Å². The molecule has 0 atom stereocenters. The summed E-state index contributed by atoms with van der Waals surface area (Å²) in [6.45, 7) is 4.34. The van der Waals surface area contributed by atoms with Gasteiger partial charge in [0, 0.05) is 17.9 Å². The van der Waals surface area contributed by atoms with Gasteiger partial charge >= 0.3 is 0 Å². The topological polar surface area (TPSA) is 0 Å². The van der Waals surface area contributed by atoms with E-state index in [1.54, 1.807) is 0 Å². The molecule has 0 unspecified atom stereocenters. The van der Waals surface area contributed by atoms with Crippen molar-refractivity contribution in [1.29, 1.82) is 0 Å². The molecule has 1 aromatic carbocycles. The van der Waals surface area contributed by atoms with E-state index in [-0.39, 0.29) is 0 Å². The van der Waals surface area contributed by atoms with Crippen LogP contribution in [0.15, 0.2) is 18.2 Å². The molecule has 0 bridgehead atoms. The molecule has 0 N–H and O–H groups in total. The highest BCUT2D eigenvalue weighted by Gasteiger charge is 1.98. The van der Waals surface area contributed by atoms with Crippen LogP contribution in [0, 0.1) is 11.8 Å². The molecule has 0 aliphatic carbocycles. The lowest BCUT2D eigenvalue weighted by Gasteiger charge is -2.03. The Morgan fingerprint density at radius 1 is 1.19 bits per heavy atom. The van der Waals surface area contributed by atoms with Crippen molar-refractivity contribution in [3.63, 3.8) is 0 Å². The predicted molar refractivity (Wildman–Crippen MR) is 72.0 cm³/mol. The van der Waals surface area contributed by atoms with Gasteiger partial charge in [0.1, 0.15) is 0 Å². The first-order valence-corrected chi connectivity index (χ1v) is 6.51. The number of rotatable bonds is 4. The van der Waals surface area contributed by atoms with Crippen molar-refractivity contribution in [3.8, 4) is 11.8 Å². The molecule has 16 heavy (non-hydrogen) atoms. The fourth-order valence-electron chi connectivity index (χ4n) is 1.58. The highest BCUT2D eigenvalue weighted by atomic mass is 35.5. The van der Waals surface area contributed by atoms with Crippen LogP contribution in [0.1, 0.15) is 43.4 Å². The van der Waals surface area contributed by atoms with E-state index in [2.05, 4.69) is 43.9 Å². The molecule has 0 radical (unpaired) electrons. The molecule has 0 nitrogen and oxygen atoms in total. The van der Waals surface area contributed by atoms with Crippen LogP contribution < -0.4 is 0 Å². The van der Waals surface area contributed by atoms with Gasteiger partial charge < -0.3 is 0 Å². The number of benzene rings is 1. The van der Waals surface area contributed by atoms with Gasteiger partial charge in [-0.3, -0.25) is 0 Å². The maximum Gasteiger partial charge on any atom is 0.0279 e. The Morgan fingerprint density at radius 2 is 2.00 bits per heavy atom. The minimum atomic E-state index is 0.699. The molecule has 1 aromatic rings. The van der Waals surface area contributed by atoms with Gasteiger partial charge in [0.25, 0.3) is 0 Å². The monoisotopic (exact) mass is 234 g/mol. The molecule has 0 amide bonds. The summed E-state index contributed by atoms with van der Waals surface area (Å²) < 4.78 is 0. The highest BCUT2D eigenvalue weighted by molar-refractivity contribution is 6.17. The van der Waals surface area contributed by atoms with Gasteiger partial charge in [-0.2, -0.15) is 0 Å². The van der Waals surface area contributed by atoms with Crippen LogP contribution >= 0.6 is 11.6 Å². The lowest BCUT2D eigenvalue weighted by Crippen LogP contribution is -1.90. The number of hydrogen-bond acceptors (Lipinski definition) is 0. The predicted octanol–water partition coefficient (Wildman–Crippen LogP) is 4.18. The van der Waals surface area contributed by atoms with Crippen molar-refractivity contribution in [2.24, 2.45) is 0 Å². The van der Waals surface area contributed by atoms with Gasteiger partial charge in [0.15, 0.2) is 0 Å². The SMILES string of the molecule is CCc1ccc(CC)c(C#CCCCCl)c1. The summed E-state index contributed by atoms with van der Waals surface area (Å²) in [5.74, 6) is 7.16. The van der Waals surface area contributed by atoms with E-state index in [9.17, 15) is 0 Å². The molecule has 0 spiro atoms. The first-order valence-electron chi connectivity index (χ1n) is 5.98. The van der Waals surface area contributed by atoms with Crippen LogP contribution in [0.2, 0.25) is 0 Å². The highest BCUT2D eigenvalue weighted by Crippen LogP contribution is 2.12. The molecular formula is C15H19Cl. The van der Waals surface area contributed by atoms with Crippen LogP contribution in [0.25, 0.3) is 0 Å². The zero-order chi connectivity index (χ0) is 11.8. The van der Waals surface area contributed by atoms with E-state index in [4.69, 9.17) is 11.6 Å². The third-order valence-electron chi connectivity index (χ3n) is 2.62. The molecule has 0 saturated carbocycles. The second kappa shape index (κ2) is 7.36. The molecular weight excluding hydrogens is 216 g/mol. The Labute approximate surface area is 104 Å². The number of aryl methyl sites for hydroxylation is 2. The van der Waals surface area contributed by atoms with Gasteiger partial charge in [-0.1, -0.05) is 37.8 Å². The molecule has 1 rings (SSSR count). The molecule has 1 heteroatoms. The van der Waals surface area contributed by atoms with Gasteiger partial charge in [-0.25, -0.2) is 0 Å². The Kier molecular flexibility index (Phi) is 6.04. The average molecular weight is 235 g/mol. The van der Waals surface area contributed by atoms with Gasteiger partial charge in [0.2, 0.25) is 0 Å². The molecule has 0 aromatic heterocycles. The number of hydrogen-bond donors (Lipinski definition) is 0. The lowest BCUT2D eigenvalue weighted by molar-refractivity contribution is 0.991. The lowest BCUT2D eigenvalue weighted by atomic mass is 10.0. The zero-order valence-electron chi connectivity index (χ0n) is 10.1. The van der Waals surface area contributed by atoms with E-state index >= 15 is 0 Å². The van der Waals surface area contributed by atoms with E-state index in [0.717, 1.165) is 25.7 Å². The van der Waals surface area contributed by atoms with Gasteiger partial charge in [0.05, 0.1) is 0 Å². The van der Waals surface area contributed by atoms with Crippen molar-refractivity contribution in [2.75, 3.05) is 5.88 Å². The van der Waals surface area contributed by atoms with E-state index in [1.165, 1.54) is 16.7 Å². The third kappa shape index (κ3) is 3.91. The van der Waals surface area contributed by atoms with Gasteiger partial charge in [-0.05, 0) is 36.5 Å². The smallest absolute Gasteiger partial charge is 0.0279 e. The first-order chi connectivity index (χ1) is 7.81. The van der Waals surface area contributed by atoms with Crippen molar-refractivity contribution in [2.45, 2.75) is 39.5 Å². The van der Waals surface area contributed by atoms with E-state index in [1.807, 2.05) is 0 Å². The minimum Gasteiger partial charge on any atom is -0.127 e. The molecule has 0 fully saturated rings. The molecule has 0 saturated heterocycles. The van der Waals surface area contributed by atoms with Crippen LogP contribution in [0.3, 0.4) is 0 Å². The van der Waals surface area contributed by atoms with Crippen LogP contribution in [0.4, 0.5) is 0 Å².